The molecule has 4 N–H and O–H groups in total. The molecule has 2 aromatic carbocycles. The molecule has 1 aromatic heterocycles. The number of nitrogen functional groups attached to an aromatic ring is 1. The highest BCUT2D eigenvalue weighted by atomic mass is 35.5. The van der Waals surface area contributed by atoms with E-state index in [1.54, 1.807) is 30.3 Å². The Bertz CT molecular complexity index is 1460. The lowest BCUT2D eigenvalue weighted by atomic mass is 9.74. The molecule has 196 valence electrons. The minimum absolute atomic E-state index is 0.0608. The predicted octanol–water partition coefficient (Wildman–Crippen LogP) is 7.49. The van der Waals surface area contributed by atoms with Crippen molar-refractivity contribution in [3.63, 3.8) is 0 Å². The van der Waals surface area contributed by atoms with Crippen molar-refractivity contribution in [3.05, 3.63) is 99.3 Å². The van der Waals surface area contributed by atoms with Gasteiger partial charge in [-0.1, -0.05) is 48.4 Å². The number of carboxylic acid groups (broad SMARTS) is 1. The van der Waals surface area contributed by atoms with E-state index in [-0.39, 0.29) is 27.9 Å². The van der Waals surface area contributed by atoms with Gasteiger partial charge < -0.3 is 10.8 Å². The summed E-state index contributed by atoms with van der Waals surface area (Å²) in [5.41, 5.74) is 7.89. The molecule has 0 saturated heterocycles. The van der Waals surface area contributed by atoms with Crippen LogP contribution < -0.4 is 5.73 Å². The van der Waals surface area contributed by atoms with Crippen LogP contribution in [0.15, 0.2) is 60.8 Å². The van der Waals surface area contributed by atoms with Crippen molar-refractivity contribution in [2.24, 2.45) is 5.92 Å². The Morgan fingerprint density at radius 2 is 1.76 bits per heavy atom. The van der Waals surface area contributed by atoms with Crippen molar-refractivity contribution in [1.82, 2.24) is 4.98 Å². The van der Waals surface area contributed by atoms with Gasteiger partial charge in [0.2, 0.25) is 5.97 Å². The fourth-order valence-electron chi connectivity index (χ4n) is 4.31. The van der Waals surface area contributed by atoms with Crippen LogP contribution >= 0.6 is 11.6 Å². The molecule has 1 fully saturated rings. The summed E-state index contributed by atoms with van der Waals surface area (Å²) in [6.07, 6.45) is 0.934. The lowest BCUT2D eigenvalue weighted by Crippen LogP contribution is -2.17. The first kappa shape index (κ1) is 27.1. The van der Waals surface area contributed by atoms with E-state index in [0.717, 1.165) is 37.6 Å². The van der Waals surface area contributed by atoms with E-state index >= 15 is 0 Å². The van der Waals surface area contributed by atoms with Crippen LogP contribution in [0.2, 0.25) is 5.02 Å². The van der Waals surface area contributed by atoms with Gasteiger partial charge in [-0.05, 0) is 70.9 Å². The zero-order valence-corrected chi connectivity index (χ0v) is 20.6. The van der Waals surface area contributed by atoms with Crippen LogP contribution in [0.3, 0.4) is 0 Å². The Morgan fingerprint density at radius 1 is 1.11 bits per heavy atom. The fourth-order valence-corrected chi connectivity index (χ4v) is 4.58. The molecule has 1 aliphatic rings. The monoisotopic (exact) mass is 543 g/mol. The van der Waals surface area contributed by atoms with Crippen molar-refractivity contribution >= 4 is 46.4 Å². The third-order valence-electron chi connectivity index (χ3n) is 6.40. The summed E-state index contributed by atoms with van der Waals surface area (Å²) in [4.78, 5) is 15.0. The highest BCUT2D eigenvalue weighted by Crippen LogP contribution is 2.47. The molecule has 1 saturated carbocycles. The van der Waals surface area contributed by atoms with Crippen LogP contribution in [0, 0.1) is 11.3 Å². The molecule has 5 nitrogen and oxygen atoms in total. The molecule has 0 unspecified atom stereocenters. The van der Waals surface area contributed by atoms with Crippen LogP contribution in [0.5, 0.6) is 0 Å². The number of hydrogen-bond donors (Lipinski definition) is 3. The lowest BCUT2D eigenvalue weighted by Gasteiger charge is -2.31. The maximum absolute atomic E-state index is 14.0. The highest BCUT2D eigenvalue weighted by molar-refractivity contribution is 6.32. The topological polar surface area (TPSA) is 100 Å². The maximum atomic E-state index is 14.0. The second kappa shape index (κ2) is 10.8. The van der Waals surface area contributed by atoms with Crippen LogP contribution in [0.25, 0.3) is 17.2 Å². The van der Waals surface area contributed by atoms with Crippen molar-refractivity contribution in [2.45, 2.75) is 25.4 Å². The fraction of sp³-hybridized carbons (Fsp3) is 0.179. The number of anilines is 1. The average molecular weight is 544 g/mol. The zero-order valence-electron chi connectivity index (χ0n) is 19.8. The largest absolute Gasteiger partial charge is 0.478 e. The van der Waals surface area contributed by atoms with Crippen LogP contribution in [0.1, 0.15) is 52.8 Å². The number of aromatic nitrogens is 1. The Labute approximate surface area is 220 Å². The van der Waals surface area contributed by atoms with E-state index in [0.29, 0.717) is 27.8 Å². The zero-order chi connectivity index (χ0) is 27.6. The Morgan fingerprint density at radius 3 is 2.29 bits per heavy atom. The number of hydrogen-bond acceptors (Lipinski definition) is 4. The molecule has 0 amide bonds. The van der Waals surface area contributed by atoms with E-state index in [1.165, 1.54) is 18.2 Å². The van der Waals surface area contributed by atoms with Crippen molar-refractivity contribution in [3.8, 4) is 0 Å². The van der Waals surface area contributed by atoms with Gasteiger partial charge in [-0.2, -0.15) is 17.6 Å². The minimum Gasteiger partial charge on any atom is -0.478 e. The third kappa shape index (κ3) is 5.78. The molecule has 1 aliphatic carbocycles. The van der Waals surface area contributed by atoms with Crippen LogP contribution in [-0.4, -0.2) is 22.0 Å². The number of aliphatic carboxylic acids is 1. The number of nitrogens with two attached hydrogens (primary N) is 1. The Hall–Kier alpha value is -3.98. The number of benzene rings is 2. The average Bonchev–Trinajstić information content (AvgIpc) is 2.82. The minimum atomic E-state index is -4.62. The summed E-state index contributed by atoms with van der Waals surface area (Å²) in [5, 5.41) is 16.2. The lowest BCUT2D eigenvalue weighted by molar-refractivity contribution is -0.138. The number of allylic oxidation sites excluding steroid dienone is 1. The molecular formula is C28H22ClF4N3O2. The number of nitrogens with zero attached hydrogens (tertiary/aromatic N) is 1. The number of carbonyl (C=O) groups is 1. The summed E-state index contributed by atoms with van der Waals surface area (Å²) in [6, 6.07) is 12.2. The summed E-state index contributed by atoms with van der Waals surface area (Å²) >= 11 is 6.40. The molecule has 0 radical (unpaired) electrons. The van der Waals surface area contributed by atoms with E-state index < -0.39 is 23.7 Å². The standard InChI is InChI=1S/C28H22ClF4N3O2/c29-21-13-19(28(31,32)33)14-36-26(21)25(16-2-1-3-16)24(18-9-10-22(34)20(12-18)27(30)35)17-7-4-15(5-8-17)6-11-23(37)38/h4-14,16,35H,1-3,34H2,(H,37,38)/b11-6+,25-24+,35-27?. The molecule has 0 atom stereocenters. The molecule has 0 aliphatic heterocycles. The molecule has 4 rings (SSSR count). The molecule has 0 bridgehead atoms. The first-order chi connectivity index (χ1) is 18.0. The first-order valence-electron chi connectivity index (χ1n) is 11.6. The number of pyridine rings is 1. The van der Waals surface area contributed by atoms with Gasteiger partial charge >= 0.3 is 12.1 Å². The van der Waals surface area contributed by atoms with Gasteiger partial charge in [-0.3, -0.25) is 10.4 Å². The predicted molar refractivity (Wildman–Crippen MR) is 139 cm³/mol. The number of rotatable bonds is 7. The summed E-state index contributed by atoms with van der Waals surface area (Å²) in [7, 11) is 0. The summed E-state index contributed by atoms with van der Waals surface area (Å²) in [6.45, 7) is 0. The van der Waals surface area contributed by atoms with Gasteiger partial charge in [0.1, 0.15) is 0 Å². The number of nitrogens with one attached hydrogen (secondary N) is 1. The molecule has 10 heteroatoms. The van der Waals surface area contributed by atoms with Gasteiger partial charge in [-0.15, -0.1) is 0 Å². The molecule has 3 aromatic rings. The number of halogens is 5. The van der Waals surface area contributed by atoms with E-state index in [9.17, 15) is 22.4 Å². The first-order valence-corrected chi connectivity index (χ1v) is 12.0. The van der Waals surface area contributed by atoms with Gasteiger partial charge in [0.25, 0.3) is 0 Å². The van der Waals surface area contributed by atoms with Gasteiger partial charge in [0.05, 0.1) is 21.8 Å². The van der Waals surface area contributed by atoms with Crippen LogP contribution in [0.4, 0.5) is 23.2 Å². The highest BCUT2D eigenvalue weighted by Gasteiger charge is 2.34. The van der Waals surface area contributed by atoms with Crippen LogP contribution in [-0.2, 0) is 11.0 Å². The van der Waals surface area contributed by atoms with E-state index in [1.807, 2.05) is 0 Å². The Kier molecular flexibility index (Phi) is 7.68. The summed E-state index contributed by atoms with van der Waals surface area (Å²) < 4.78 is 54.0. The van der Waals surface area contributed by atoms with Gasteiger partial charge in [-0.25, -0.2) is 4.79 Å². The van der Waals surface area contributed by atoms with Gasteiger partial charge in [0.15, 0.2) is 0 Å². The van der Waals surface area contributed by atoms with Crippen molar-refractivity contribution in [1.29, 1.82) is 5.41 Å². The summed E-state index contributed by atoms with van der Waals surface area (Å²) in [5.74, 6) is -2.41. The molecular weight excluding hydrogens is 522 g/mol. The number of alkyl halides is 3. The van der Waals surface area contributed by atoms with E-state index in [4.69, 9.17) is 27.9 Å². The van der Waals surface area contributed by atoms with Crippen molar-refractivity contribution in [2.75, 3.05) is 5.73 Å². The van der Waals surface area contributed by atoms with E-state index in [2.05, 4.69) is 4.98 Å². The SMILES string of the molecule is N=C(F)c1cc(/C(=C(/c2ncc(C(F)(F)F)cc2Cl)C2CCC2)c2ccc(/C=C/C(=O)O)cc2)ccc1N. The second-order valence-corrected chi connectivity index (χ2v) is 9.29. The molecule has 0 spiro atoms. The normalized spacial score (nSPS) is 14.8. The smallest absolute Gasteiger partial charge is 0.417 e. The third-order valence-corrected chi connectivity index (χ3v) is 6.69. The van der Waals surface area contributed by atoms with Crippen molar-refractivity contribution < 1.29 is 27.5 Å². The van der Waals surface area contributed by atoms with Gasteiger partial charge in [0, 0.05) is 18.0 Å². The maximum Gasteiger partial charge on any atom is 0.417 e. The number of carboxylic acids is 1. The molecule has 1 heterocycles. The molecule has 38 heavy (non-hydrogen) atoms. The second-order valence-electron chi connectivity index (χ2n) is 8.88. The quantitative estimate of drug-likeness (QED) is 0.124. The Balaban J connectivity index is 2.00.